The lowest BCUT2D eigenvalue weighted by molar-refractivity contribution is 0.529. The first kappa shape index (κ1) is 12.7. The predicted molar refractivity (Wildman–Crippen MR) is 73.8 cm³/mol. The molecule has 1 aromatic rings. The number of aryl methyl sites for hydroxylation is 1. The number of alkyl halides is 1. The average Bonchev–Trinajstić information content (AvgIpc) is 2.78. The van der Waals surface area contributed by atoms with Crippen molar-refractivity contribution in [3.8, 4) is 0 Å². The van der Waals surface area contributed by atoms with Gasteiger partial charge in [0.05, 0.1) is 0 Å². The van der Waals surface area contributed by atoms with Gasteiger partial charge in [0.1, 0.15) is 5.82 Å². The summed E-state index contributed by atoms with van der Waals surface area (Å²) < 4.78 is 0. The summed E-state index contributed by atoms with van der Waals surface area (Å²) in [6.45, 7) is 6.62. The highest BCUT2D eigenvalue weighted by Crippen LogP contribution is 2.26. The second-order valence-electron chi connectivity index (χ2n) is 4.94. The maximum Gasteiger partial charge on any atom is 0.128 e. The zero-order valence-corrected chi connectivity index (χ0v) is 11.5. The van der Waals surface area contributed by atoms with Crippen molar-refractivity contribution in [3.63, 3.8) is 0 Å². The van der Waals surface area contributed by atoms with Gasteiger partial charge in [-0.3, -0.25) is 0 Å². The molecule has 1 saturated heterocycles. The van der Waals surface area contributed by atoms with Gasteiger partial charge in [-0.1, -0.05) is 19.4 Å². The summed E-state index contributed by atoms with van der Waals surface area (Å²) in [5.41, 5.74) is 2.20. The highest BCUT2D eigenvalue weighted by molar-refractivity contribution is 6.17. The van der Waals surface area contributed by atoms with E-state index in [1.165, 1.54) is 25.8 Å². The molecule has 0 amide bonds. The number of nitrogens with zero attached hydrogens (tertiary/aromatic N) is 2. The van der Waals surface area contributed by atoms with Gasteiger partial charge in [-0.25, -0.2) is 4.98 Å². The topological polar surface area (TPSA) is 16.1 Å². The van der Waals surface area contributed by atoms with Crippen LogP contribution in [0.5, 0.6) is 0 Å². The monoisotopic (exact) mass is 252 g/mol. The molecule has 0 radical (unpaired) electrons. The lowest BCUT2D eigenvalue weighted by Gasteiger charge is -2.18. The van der Waals surface area contributed by atoms with Gasteiger partial charge in [0.2, 0.25) is 0 Å². The SMILES string of the molecule is CCCC1CCN(c2ccc(CCl)c(C)n2)C1. The number of rotatable bonds is 4. The van der Waals surface area contributed by atoms with E-state index in [4.69, 9.17) is 11.6 Å². The summed E-state index contributed by atoms with van der Waals surface area (Å²) in [6, 6.07) is 4.22. The smallest absolute Gasteiger partial charge is 0.128 e. The van der Waals surface area contributed by atoms with E-state index < -0.39 is 0 Å². The fraction of sp³-hybridized carbons (Fsp3) is 0.643. The third kappa shape index (κ3) is 2.92. The summed E-state index contributed by atoms with van der Waals surface area (Å²) in [5, 5.41) is 0. The molecular weight excluding hydrogens is 232 g/mol. The second kappa shape index (κ2) is 5.72. The zero-order valence-electron chi connectivity index (χ0n) is 10.7. The van der Waals surface area contributed by atoms with Crippen LogP contribution in [0.3, 0.4) is 0 Å². The van der Waals surface area contributed by atoms with Gasteiger partial charge in [0, 0.05) is 24.7 Å². The van der Waals surface area contributed by atoms with Gasteiger partial charge >= 0.3 is 0 Å². The molecule has 1 aromatic heterocycles. The number of pyridine rings is 1. The molecule has 0 aromatic carbocycles. The number of anilines is 1. The van der Waals surface area contributed by atoms with Crippen molar-refractivity contribution in [3.05, 3.63) is 23.4 Å². The molecule has 17 heavy (non-hydrogen) atoms. The Morgan fingerprint density at radius 3 is 2.94 bits per heavy atom. The fourth-order valence-electron chi connectivity index (χ4n) is 2.58. The molecule has 0 bridgehead atoms. The van der Waals surface area contributed by atoms with E-state index in [-0.39, 0.29) is 0 Å². The normalized spacial score (nSPS) is 19.9. The Morgan fingerprint density at radius 2 is 2.29 bits per heavy atom. The fourth-order valence-corrected chi connectivity index (χ4v) is 2.86. The van der Waals surface area contributed by atoms with Crippen LogP contribution in [-0.2, 0) is 5.88 Å². The quantitative estimate of drug-likeness (QED) is 0.759. The molecule has 0 spiro atoms. The van der Waals surface area contributed by atoms with Crippen LogP contribution in [0.25, 0.3) is 0 Å². The largest absolute Gasteiger partial charge is 0.356 e. The summed E-state index contributed by atoms with van der Waals surface area (Å²) in [5.74, 6) is 2.53. The molecule has 1 aliphatic heterocycles. The molecule has 0 saturated carbocycles. The van der Waals surface area contributed by atoms with Crippen molar-refractivity contribution >= 4 is 17.4 Å². The number of halogens is 1. The summed E-state index contributed by atoms with van der Waals surface area (Å²) in [4.78, 5) is 7.07. The molecular formula is C14H21ClN2. The Balaban J connectivity index is 2.06. The van der Waals surface area contributed by atoms with Crippen molar-refractivity contribution in [1.29, 1.82) is 0 Å². The average molecular weight is 253 g/mol. The first-order valence-corrected chi connectivity index (χ1v) is 7.05. The Labute approximate surface area is 109 Å². The van der Waals surface area contributed by atoms with Crippen molar-refractivity contribution in [2.45, 2.75) is 39.0 Å². The molecule has 1 atom stereocenters. The van der Waals surface area contributed by atoms with Crippen LogP contribution in [0.15, 0.2) is 12.1 Å². The van der Waals surface area contributed by atoms with E-state index in [1.807, 2.05) is 6.92 Å². The van der Waals surface area contributed by atoms with Gasteiger partial charge in [0.15, 0.2) is 0 Å². The summed E-state index contributed by atoms with van der Waals surface area (Å²) in [7, 11) is 0. The summed E-state index contributed by atoms with van der Waals surface area (Å²) in [6.07, 6.45) is 3.94. The maximum atomic E-state index is 5.86. The molecule has 1 aliphatic rings. The molecule has 2 rings (SSSR count). The minimum atomic E-state index is 0.553. The van der Waals surface area contributed by atoms with Gasteiger partial charge in [-0.15, -0.1) is 11.6 Å². The first-order valence-electron chi connectivity index (χ1n) is 6.52. The lowest BCUT2D eigenvalue weighted by atomic mass is 10.0. The molecule has 2 heterocycles. The molecule has 0 N–H and O–H groups in total. The van der Waals surface area contributed by atoms with Gasteiger partial charge in [-0.2, -0.15) is 0 Å². The molecule has 1 unspecified atom stereocenters. The van der Waals surface area contributed by atoms with Crippen molar-refractivity contribution < 1.29 is 0 Å². The van der Waals surface area contributed by atoms with Crippen LogP contribution < -0.4 is 4.90 Å². The molecule has 0 aliphatic carbocycles. The molecule has 3 heteroatoms. The molecule has 1 fully saturated rings. The van der Waals surface area contributed by atoms with Crippen molar-refractivity contribution in [1.82, 2.24) is 4.98 Å². The number of hydrogen-bond donors (Lipinski definition) is 0. The number of hydrogen-bond acceptors (Lipinski definition) is 2. The Hall–Kier alpha value is -0.760. The third-order valence-corrected chi connectivity index (χ3v) is 3.92. The number of aromatic nitrogens is 1. The van der Waals surface area contributed by atoms with Crippen LogP contribution in [0.2, 0.25) is 0 Å². The lowest BCUT2D eigenvalue weighted by Crippen LogP contribution is -2.21. The van der Waals surface area contributed by atoms with Crippen LogP contribution in [-0.4, -0.2) is 18.1 Å². The highest BCUT2D eigenvalue weighted by atomic mass is 35.5. The minimum Gasteiger partial charge on any atom is -0.356 e. The van der Waals surface area contributed by atoms with Gasteiger partial charge < -0.3 is 4.90 Å². The standard InChI is InChI=1S/C14H21ClN2/c1-3-4-12-7-8-17(10-12)14-6-5-13(9-15)11(2)16-14/h5-6,12H,3-4,7-10H2,1-2H3. The second-order valence-corrected chi connectivity index (χ2v) is 5.20. The Bertz CT molecular complexity index is 378. The maximum absolute atomic E-state index is 5.86. The van der Waals surface area contributed by atoms with Crippen LogP contribution in [0, 0.1) is 12.8 Å². The van der Waals surface area contributed by atoms with E-state index in [9.17, 15) is 0 Å². The predicted octanol–water partition coefficient (Wildman–Crippen LogP) is 3.76. The van der Waals surface area contributed by atoms with E-state index >= 15 is 0 Å². The van der Waals surface area contributed by atoms with E-state index in [0.717, 1.165) is 29.5 Å². The Morgan fingerprint density at radius 1 is 1.47 bits per heavy atom. The van der Waals surface area contributed by atoms with Crippen molar-refractivity contribution in [2.24, 2.45) is 5.92 Å². The van der Waals surface area contributed by atoms with E-state index in [0.29, 0.717) is 5.88 Å². The zero-order chi connectivity index (χ0) is 12.3. The first-order chi connectivity index (χ1) is 8.24. The van der Waals surface area contributed by atoms with Crippen LogP contribution in [0.4, 0.5) is 5.82 Å². The molecule has 94 valence electrons. The van der Waals surface area contributed by atoms with E-state index in [1.54, 1.807) is 0 Å². The van der Waals surface area contributed by atoms with Crippen molar-refractivity contribution in [2.75, 3.05) is 18.0 Å². The van der Waals surface area contributed by atoms with Gasteiger partial charge in [-0.05, 0) is 37.3 Å². The molecule has 2 nitrogen and oxygen atoms in total. The van der Waals surface area contributed by atoms with Crippen LogP contribution >= 0.6 is 11.6 Å². The highest BCUT2D eigenvalue weighted by Gasteiger charge is 2.22. The summed E-state index contributed by atoms with van der Waals surface area (Å²) >= 11 is 5.86. The van der Waals surface area contributed by atoms with Gasteiger partial charge in [0.25, 0.3) is 0 Å². The van der Waals surface area contributed by atoms with E-state index in [2.05, 4.69) is 28.9 Å². The third-order valence-electron chi connectivity index (χ3n) is 3.63. The minimum absolute atomic E-state index is 0.553. The van der Waals surface area contributed by atoms with Crippen LogP contribution in [0.1, 0.15) is 37.4 Å². The Kier molecular flexibility index (Phi) is 4.27.